The van der Waals surface area contributed by atoms with Gasteiger partial charge in [0, 0.05) is 12.1 Å². The molecule has 1 aromatic rings. The smallest absolute Gasteiger partial charge is 0.271 e. The van der Waals surface area contributed by atoms with Crippen molar-refractivity contribution in [2.75, 3.05) is 6.54 Å². The fourth-order valence-corrected chi connectivity index (χ4v) is 1.15. The molecule has 0 aliphatic carbocycles. The Morgan fingerprint density at radius 3 is 2.71 bits per heavy atom. The minimum absolute atomic E-state index is 0.0625. The van der Waals surface area contributed by atoms with Crippen LogP contribution in [0, 0.1) is 21.4 Å². The average Bonchev–Trinajstić information content (AvgIpc) is 2.17. The number of hydrogen-bond donors (Lipinski definition) is 1. The summed E-state index contributed by atoms with van der Waals surface area (Å²) in [5.74, 6) is 0. The molecule has 2 N–H and O–H groups in total. The Bertz CT molecular complexity index is 396. The van der Waals surface area contributed by atoms with Crippen molar-refractivity contribution < 1.29 is 4.92 Å². The molecule has 0 aliphatic rings. The monoisotopic (exact) mass is 191 g/mol. The van der Waals surface area contributed by atoms with E-state index in [1.54, 1.807) is 6.07 Å². The second-order valence-corrected chi connectivity index (χ2v) is 2.80. The van der Waals surface area contributed by atoms with Gasteiger partial charge in [0.05, 0.1) is 16.6 Å². The van der Waals surface area contributed by atoms with E-state index < -0.39 is 4.92 Å². The number of non-ortho nitro benzene ring substituents is 1. The average molecular weight is 191 g/mol. The predicted octanol–water partition coefficient (Wildman–Crippen LogP) is 0.968. The van der Waals surface area contributed by atoms with Gasteiger partial charge in [-0.25, -0.2) is 0 Å². The summed E-state index contributed by atoms with van der Waals surface area (Å²) in [6.45, 7) is 0.409. The molecule has 0 amide bonds. The molecular formula is C9H9N3O2. The SMILES string of the molecule is N#Cc1cc(CCN)cc([N+](=O)[O-])c1. The highest BCUT2D eigenvalue weighted by Gasteiger charge is 2.08. The van der Waals surface area contributed by atoms with Crippen LogP contribution in [-0.2, 0) is 6.42 Å². The van der Waals surface area contributed by atoms with Crippen molar-refractivity contribution >= 4 is 5.69 Å². The lowest BCUT2D eigenvalue weighted by atomic mass is 10.1. The minimum atomic E-state index is -0.513. The molecule has 72 valence electrons. The van der Waals surface area contributed by atoms with Gasteiger partial charge in [-0.3, -0.25) is 10.1 Å². The number of nitriles is 1. The molecule has 0 spiro atoms. The van der Waals surface area contributed by atoms with E-state index in [1.807, 2.05) is 6.07 Å². The van der Waals surface area contributed by atoms with E-state index in [4.69, 9.17) is 11.0 Å². The summed E-state index contributed by atoms with van der Waals surface area (Å²) in [6.07, 6.45) is 0.538. The maximum atomic E-state index is 10.5. The van der Waals surface area contributed by atoms with Crippen LogP contribution in [-0.4, -0.2) is 11.5 Å². The Morgan fingerprint density at radius 2 is 2.21 bits per heavy atom. The number of nitro benzene ring substituents is 1. The van der Waals surface area contributed by atoms with E-state index in [0.29, 0.717) is 18.5 Å². The van der Waals surface area contributed by atoms with E-state index in [9.17, 15) is 10.1 Å². The lowest BCUT2D eigenvalue weighted by Gasteiger charge is -1.99. The highest BCUT2D eigenvalue weighted by Crippen LogP contribution is 2.16. The predicted molar refractivity (Wildman–Crippen MR) is 50.6 cm³/mol. The van der Waals surface area contributed by atoms with Gasteiger partial charge in [0.2, 0.25) is 0 Å². The maximum absolute atomic E-state index is 10.5. The number of rotatable bonds is 3. The molecular weight excluding hydrogens is 182 g/mol. The van der Waals surface area contributed by atoms with Crippen LogP contribution in [0.15, 0.2) is 18.2 Å². The van der Waals surface area contributed by atoms with E-state index in [2.05, 4.69) is 0 Å². The lowest BCUT2D eigenvalue weighted by molar-refractivity contribution is -0.384. The second-order valence-electron chi connectivity index (χ2n) is 2.80. The van der Waals surface area contributed by atoms with E-state index in [-0.39, 0.29) is 5.69 Å². The fourth-order valence-electron chi connectivity index (χ4n) is 1.15. The summed E-state index contributed by atoms with van der Waals surface area (Å²) in [5, 5.41) is 19.1. The molecule has 0 saturated heterocycles. The Labute approximate surface area is 80.9 Å². The number of nitrogens with zero attached hydrogens (tertiary/aromatic N) is 2. The number of nitro groups is 1. The molecule has 0 bridgehead atoms. The molecule has 0 atom stereocenters. The topological polar surface area (TPSA) is 93.0 Å². The van der Waals surface area contributed by atoms with E-state index in [0.717, 1.165) is 5.56 Å². The van der Waals surface area contributed by atoms with Crippen molar-refractivity contribution in [3.8, 4) is 6.07 Å². The van der Waals surface area contributed by atoms with Crippen LogP contribution < -0.4 is 5.73 Å². The molecule has 0 aromatic heterocycles. The van der Waals surface area contributed by atoms with Gasteiger partial charge in [0.25, 0.3) is 5.69 Å². The first-order chi connectivity index (χ1) is 6.67. The zero-order chi connectivity index (χ0) is 10.6. The van der Waals surface area contributed by atoms with Crippen LogP contribution in [0.1, 0.15) is 11.1 Å². The number of benzene rings is 1. The summed E-state index contributed by atoms with van der Waals surface area (Å²) < 4.78 is 0. The number of nitrogens with two attached hydrogens (primary N) is 1. The van der Waals surface area contributed by atoms with Gasteiger partial charge in [0.1, 0.15) is 0 Å². The van der Waals surface area contributed by atoms with Crippen molar-refractivity contribution in [3.05, 3.63) is 39.4 Å². The summed E-state index contributed by atoms with van der Waals surface area (Å²) in [7, 11) is 0. The van der Waals surface area contributed by atoms with Crippen molar-refractivity contribution in [3.63, 3.8) is 0 Å². The Kier molecular flexibility index (Phi) is 3.15. The Hall–Kier alpha value is -1.93. The van der Waals surface area contributed by atoms with E-state index >= 15 is 0 Å². The third-order valence-corrected chi connectivity index (χ3v) is 1.75. The van der Waals surface area contributed by atoms with Crippen LogP contribution in [0.2, 0.25) is 0 Å². The first-order valence-corrected chi connectivity index (χ1v) is 4.06. The van der Waals surface area contributed by atoms with Crippen molar-refractivity contribution in [2.24, 2.45) is 5.73 Å². The van der Waals surface area contributed by atoms with Gasteiger partial charge in [-0.15, -0.1) is 0 Å². The van der Waals surface area contributed by atoms with Gasteiger partial charge < -0.3 is 5.73 Å². The Balaban J connectivity index is 3.15. The summed E-state index contributed by atoms with van der Waals surface area (Å²) in [4.78, 5) is 9.98. The third-order valence-electron chi connectivity index (χ3n) is 1.75. The van der Waals surface area contributed by atoms with Gasteiger partial charge in [-0.2, -0.15) is 5.26 Å². The van der Waals surface area contributed by atoms with Crippen molar-refractivity contribution in [1.82, 2.24) is 0 Å². The number of hydrogen-bond acceptors (Lipinski definition) is 4. The highest BCUT2D eigenvalue weighted by molar-refractivity contribution is 5.44. The molecule has 5 heteroatoms. The third kappa shape index (κ3) is 2.28. The van der Waals surface area contributed by atoms with Gasteiger partial charge in [-0.05, 0) is 24.6 Å². The summed E-state index contributed by atoms with van der Waals surface area (Å²) >= 11 is 0. The Morgan fingerprint density at radius 1 is 1.50 bits per heavy atom. The molecule has 0 aliphatic heterocycles. The normalized spacial score (nSPS) is 9.43. The van der Waals surface area contributed by atoms with Gasteiger partial charge in [-0.1, -0.05) is 0 Å². The van der Waals surface area contributed by atoms with Crippen LogP contribution in [0.4, 0.5) is 5.69 Å². The molecule has 14 heavy (non-hydrogen) atoms. The van der Waals surface area contributed by atoms with Crippen LogP contribution in [0.25, 0.3) is 0 Å². The molecule has 0 unspecified atom stereocenters. The maximum Gasteiger partial charge on any atom is 0.271 e. The van der Waals surface area contributed by atoms with Gasteiger partial charge >= 0.3 is 0 Å². The first-order valence-electron chi connectivity index (χ1n) is 4.06. The van der Waals surface area contributed by atoms with Crippen molar-refractivity contribution in [2.45, 2.75) is 6.42 Å². The largest absolute Gasteiger partial charge is 0.330 e. The standard InChI is InChI=1S/C9H9N3O2/c10-2-1-7-3-8(6-11)5-9(4-7)12(13)14/h3-5H,1-2,10H2. The zero-order valence-electron chi connectivity index (χ0n) is 7.43. The summed E-state index contributed by atoms with van der Waals surface area (Å²) in [6, 6.07) is 6.17. The van der Waals surface area contributed by atoms with Crippen molar-refractivity contribution in [1.29, 1.82) is 5.26 Å². The first kappa shape index (κ1) is 10.2. The lowest BCUT2D eigenvalue weighted by Crippen LogP contribution is -2.03. The van der Waals surface area contributed by atoms with Crippen LogP contribution in [0.3, 0.4) is 0 Å². The zero-order valence-corrected chi connectivity index (χ0v) is 7.43. The van der Waals surface area contributed by atoms with E-state index in [1.165, 1.54) is 12.1 Å². The quantitative estimate of drug-likeness (QED) is 0.569. The van der Waals surface area contributed by atoms with Crippen LogP contribution >= 0.6 is 0 Å². The molecule has 0 radical (unpaired) electrons. The summed E-state index contributed by atoms with van der Waals surface area (Å²) in [5.41, 5.74) is 6.28. The molecule has 1 aromatic carbocycles. The van der Waals surface area contributed by atoms with Gasteiger partial charge in [0.15, 0.2) is 0 Å². The van der Waals surface area contributed by atoms with Crippen LogP contribution in [0.5, 0.6) is 0 Å². The molecule has 0 heterocycles. The second kappa shape index (κ2) is 4.35. The highest BCUT2D eigenvalue weighted by atomic mass is 16.6. The molecule has 1 rings (SSSR count). The molecule has 0 fully saturated rings. The molecule has 0 saturated carbocycles. The fraction of sp³-hybridized carbons (Fsp3) is 0.222. The molecule has 5 nitrogen and oxygen atoms in total. The minimum Gasteiger partial charge on any atom is -0.330 e.